The lowest BCUT2D eigenvalue weighted by atomic mass is 10.1. The van der Waals surface area contributed by atoms with Gasteiger partial charge in [-0.05, 0) is 19.1 Å². The second-order valence-corrected chi connectivity index (χ2v) is 5.40. The van der Waals surface area contributed by atoms with Crippen LogP contribution >= 0.6 is 0 Å². The zero-order valence-corrected chi connectivity index (χ0v) is 13.8. The minimum atomic E-state index is 0.508. The van der Waals surface area contributed by atoms with Crippen LogP contribution < -0.4 is 5.43 Å². The Morgan fingerprint density at radius 2 is 2.04 bits per heavy atom. The number of benzene rings is 1. The van der Waals surface area contributed by atoms with Gasteiger partial charge in [0.1, 0.15) is 11.5 Å². The Hall–Kier alpha value is -4.06. The second kappa shape index (κ2) is 6.45. The molecule has 4 rings (SSSR count). The van der Waals surface area contributed by atoms with E-state index < -0.39 is 0 Å². The fourth-order valence-corrected chi connectivity index (χ4v) is 2.50. The van der Waals surface area contributed by atoms with Crippen molar-refractivity contribution in [3.63, 3.8) is 0 Å². The summed E-state index contributed by atoms with van der Waals surface area (Å²) in [6, 6.07) is 9.35. The number of hydrogen-bond donors (Lipinski definition) is 1. The summed E-state index contributed by atoms with van der Waals surface area (Å²) in [4.78, 5) is 13.7. The predicted molar refractivity (Wildman–Crippen MR) is 93.1 cm³/mol. The van der Waals surface area contributed by atoms with Crippen molar-refractivity contribution in [1.29, 1.82) is 5.26 Å². The highest BCUT2D eigenvalue weighted by atomic mass is 15.7. The van der Waals surface area contributed by atoms with Crippen LogP contribution in [0.3, 0.4) is 0 Å². The van der Waals surface area contributed by atoms with Crippen molar-refractivity contribution in [2.24, 2.45) is 0 Å². The first-order valence-electron chi connectivity index (χ1n) is 7.76. The summed E-state index contributed by atoms with van der Waals surface area (Å²) in [6.07, 6.45) is 8.23. The van der Waals surface area contributed by atoms with E-state index >= 15 is 0 Å². The van der Waals surface area contributed by atoms with Crippen molar-refractivity contribution in [3.05, 3.63) is 66.6 Å². The number of nitrogens with one attached hydrogen (secondary N) is 1. The van der Waals surface area contributed by atoms with Crippen LogP contribution in [0.5, 0.6) is 0 Å². The first-order valence-corrected chi connectivity index (χ1v) is 7.76. The van der Waals surface area contributed by atoms with Crippen molar-refractivity contribution >= 4 is 5.82 Å². The molecule has 0 aliphatic carbocycles. The van der Waals surface area contributed by atoms with E-state index in [-0.39, 0.29) is 0 Å². The molecule has 0 spiro atoms. The van der Waals surface area contributed by atoms with Gasteiger partial charge in [-0.15, -0.1) is 10.2 Å². The fraction of sp³-hybridized carbons (Fsp3) is 0.0588. The van der Waals surface area contributed by atoms with Gasteiger partial charge in [0.25, 0.3) is 0 Å². The maximum Gasteiger partial charge on any atom is 0.190 e. The topological polar surface area (TPSA) is 110 Å². The number of aromatic nitrogens is 7. The minimum absolute atomic E-state index is 0.508. The largest absolute Gasteiger partial charge is 0.285 e. The maximum atomic E-state index is 9.17. The smallest absolute Gasteiger partial charge is 0.190 e. The Morgan fingerprint density at radius 3 is 2.77 bits per heavy atom. The molecule has 0 unspecified atom stereocenters. The summed E-state index contributed by atoms with van der Waals surface area (Å²) in [6.45, 7) is 1.88. The summed E-state index contributed by atoms with van der Waals surface area (Å²) in [5.41, 5.74) is 4.90. The zero-order valence-electron chi connectivity index (χ0n) is 13.8. The molecule has 1 aromatic carbocycles. The van der Waals surface area contributed by atoms with Crippen molar-refractivity contribution in [2.75, 3.05) is 5.43 Å². The van der Waals surface area contributed by atoms with Gasteiger partial charge >= 0.3 is 0 Å². The average molecular weight is 343 g/mol. The Morgan fingerprint density at radius 1 is 1.12 bits per heavy atom. The third-order valence-electron chi connectivity index (χ3n) is 3.69. The second-order valence-electron chi connectivity index (χ2n) is 5.40. The molecule has 1 N–H and O–H groups in total. The van der Waals surface area contributed by atoms with E-state index in [1.54, 1.807) is 36.9 Å². The Balaban J connectivity index is 1.83. The molecule has 9 nitrogen and oxygen atoms in total. The number of nitriles is 1. The number of anilines is 1. The van der Waals surface area contributed by atoms with Gasteiger partial charge in [0.2, 0.25) is 0 Å². The van der Waals surface area contributed by atoms with Crippen molar-refractivity contribution in [1.82, 2.24) is 34.6 Å². The molecule has 0 aliphatic heterocycles. The molecule has 0 bridgehead atoms. The van der Waals surface area contributed by atoms with Crippen LogP contribution in [0.25, 0.3) is 17.1 Å². The molecule has 0 amide bonds. The van der Waals surface area contributed by atoms with Crippen molar-refractivity contribution in [2.45, 2.75) is 6.92 Å². The van der Waals surface area contributed by atoms with Crippen LogP contribution in [-0.4, -0.2) is 34.6 Å². The Kier molecular flexibility index (Phi) is 3.83. The molecule has 3 aromatic heterocycles. The summed E-state index contributed by atoms with van der Waals surface area (Å²) in [5, 5.41) is 18.2. The first kappa shape index (κ1) is 15.5. The van der Waals surface area contributed by atoms with E-state index in [0.717, 1.165) is 11.4 Å². The summed E-state index contributed by atoms with van der Waals surface area (Å²) < 4.78 is 1.83. The monoisotopic (exact) mass is 343 g/mol. The number of imidazole rings is 1. The molecular weight excluding hydrogens is 330 g/mol. The van der Waals surface area contributed by atoms with Gasteiger partial charge in [-0.1, -0.05) is 17.0 Å². The molecule has 4 aromatic rings. The molecule has 0 fully saturated rings. The quantitative estimate of drug-likeness (QED) is 0.603. The molecular formula is C17H13N9. The van der Waals surface area contributed by atoms with Gasteiger partial charge in [-0.25, -0.2) is 15.4 Å². The van der Waals surface area contributed by atoms with Gasteiger partial charge in [-0.3, -0.25) is 9.55 Å². The van der Waals surface area contributed by atoms with Crippen molar-refractivity contribution in [3.8, 4) is 23.1 Å². The summed E-state index contributed by atoms with van der Waals surface area (Å²) >= 11 is 0. The summed E-state index contributed by atoms with van der Waals surface area (Å²) in [5.74, 6) is 1.87. The van der Waals surface area contributed by atoms with Crippen LogP contribution in [0.1, 0.15) is 11.4 Å². The number of aryl methyl sites for hydroxylation is 1. The molecule has 26 heavy (non-hydrogen) atoms. The third-order valence-corrected chi connectivity index (χ3v) is 3.69. The zero-order chi connectivity index (χ0) is 17.9. The van der Waals surface area contributed by atoms with Gasteiger partial charge < -0.3 is 0 Å². The predicted octanol–water partition coefficient (Wildman–Crippen LogP) is 1.98. The van der Waals surface area contributed by atoms with Crippen LogP contribution in [-0.2, 0) is 0 Å². The summed E-state index contributed by atoms with van der Waals surface area (Å²) in [7, 11) is 0. The lowest BCUT2D eigenvalue weighted by Crippen LogP contribution is -2.14. The minimum Gasteiger partial charge on any atom is -0.285 e. The maximum absolute atomic E-state index is 9.17. The van der Waals surface area contributed by atoms with Crippen molar-refractivity contribution < 1.29 is 0 Å². The van der Waals surface area contributed by atoms with E-state index in [4.69, 9.17) is 0 Å². The number of nitrogens with zero attached hydrogens (tertiary/aromatic N) is 8. The highest BCUT2D eigenvalue weighted by molar-refractivity contribution is 5.68. The lowest BCUT2D eigenvalue weighted by molar-refractivity contribution is 0.675. The van der Waals surface area contributed by atoms with Crippen LogP contribution in [0.2, 0.25) is 0 Å². The molecule has 126 valence electrons. The number of hydrogen-bond acceptors (Lipinski definition) is 7. The van der Waals surface area contributed by atoms with E-state index in [1.165, 1.54) is 4.91 Å². The van der Waals surface area contributed by atoms with Crippen LogP contribution in [0.15, 0.2) is 55.2 Å². The standard InChI is InChI=1S/C17H13N9/c1-12-20-7-8-25(12)17-16(14-4-2-3-13(9-14)10-18)23-26(24-17)22-15-11-19-5-6-21-15/h2-9,11H,1H3,(H,21,22). The Labute approximate surface area is 148 Å². The van der Waals surface area contributed by atoms with E-state index in [0.29, 0.717) is 22.9 Å². The molecule has 0 aliphatic rings. The fourth-order valence-electron chi connectivity index (χ4n) is 2.50. The molecule has 9 heteroatoms. The van der Waals surface area contributed by atoms with E-state index in [9.17, 15) is 5.26 Å². The molecule has 0 saturated carbocycles. The Bertz CT molecular complexity index is 1090. The van der Waals surface area contributed by atoms with Gasteiger partial charge in [0.15, 0.2) is 11.6 Å². The highest BCUT2D eigenvalue weighted by Gasteiger charge is 2.17. The normalized spacial score (nSPS) is 10.5. The van der Waals surface area contributed by atoms with Crippen LogP contribution in [0, 0.1) is 18.3 Å². The van der Waals surface area contributed by atoms with Gasteiger partial charge in [0.05, 0.1) is 17.8 Å². The van der Waals surface area contributed by atoms with E-state index in [2.05, 4.69) is 36.6 Å². The first-order chi connectivity index (χ1) is 12.7. The highest BCUT2D eigenvalue weighted by Crippen LogP contribution is 2.25. The lowest BCUT2D eigenvalue weighted by Gasteiger charge is -2.03. The average Bonchev–Trinajstić information content (AvgIpc) is 3.28. The SMILES string of the molecule is Cc1nccn1-c1nn(Nc2cnccn2)nc1-c1cccc(C#N)c1. The van der Waals surface area contributed by atoms with Crippen LogP contribution in [0.4, 0.5) is 5.82 Å². The molecule has 0 radical (unpaired) electrons. The van der Waals surface area contributed by atoms with Gasteiger partial charge in [-0.2, -0.15) is 5.26 Å². The number of rotatable bonds is 4. The molecule has 0 saturated heterocycles. The third kappa shape index (κ3) is 2.87. The van der Waals surface area contributed by atoms with E-state index in [1.807, 2.05) is 29.8 Å². The van der Waals surface area contributed by atoms with Gasteiger partial charge in [0, 0.05) is 30.4 Å². The molecule has 0 atom stereocenters. The molecule has 3 heterocycles.